The number of rotatable bonds is 7. The van der Waals surface area contributed by atoms with Gasteiger partial charge in [-0.25, -0.2) is 0 Å². The molecule has 0 rings (SSSR count). The van der Waals surface area contributed by atoms with Crippen molar-refractivity contribution >= 4 is 16.6 Å². The quantitative estimate of drug-likeness (QED) is 0.389. The fraction of sp³-hybridized carbons (Fsp3) is 0.571. The molecule has 0 fully saturated rings. The smallest absolute Gasteiger partial charge is 0.242 e. The Morgan fingerprint density at radius 1 is 0.895 bits per heavy atom. The lowest BCUT2D eigenvalue weighted by atomic mass is 10.3. The lowest BCUT2D eigenvalue weighted by molar-refractivity contribution is 0.290. The van der Waals surface area contributed by atoms with Crippen molar-refractivity contribution < 1.29 is 13.6 Å². The first-order valence-corrected chi connectivity index (χ1v) is 13.3. The molecule has 0 N–H and O–H groups in total. The molecule has 3 nitrogen and oxygen atoms in total. The van der Waals surface area contributed by atoms with Gasteiger partial charge in [0.2, 0.25) is 16.6 Å². The van der Waals surface area contributed by atoms with Crippen LogP contribution in [0.3, 0.4) is 0 Å². The van der Waals surface area contributed by atoms with Gasteiger partial charge in [0.15, 0.2) is 0 Å². The van der Waals surface area contributed by atoms with Gasteiger partial charge in [-0.05, 0) is 46.2 Å². The van der Waals surface area contributed by atoms with Crippen molar-refractivity contribution in [1.29, 1.82) is 0 Å². The molecule has 0 amide bonds. The summed E-state index contributed by atoms with van der Waals surface area (Å²) in [5.41, 5.74) is 0. The third kappa shape index (κ3) is 10.6. The zero-order valence-corrected chi connectivity index (χ0v) is 15.6. The van der Waals surface area contributed by atoms with Crippen molar-refractivity contribution in [3.05, 3.63) is 36.0 Å². The minimum absolute atomic E-state index is 0.646. The number of hydrogen-bond acceptors (Lipinski definition) is 3. The standard InChI is InChI=1S/C14H28O3Si2/c1-12(15-3)10-14(17-19(7,8)9)11-13(2)16-18(4,5)6/h10-11H,2H2,1,3-9H3. The molecule has 0 aromatic heterocycles. The maximum Gasteiger partial charge on any atom is 0.242 e. The normalized spacial score (nSPS) is 14.1. The van der Waals surface area contributed by atoms with Gasteiger partial charge in [-0.3, -0.25) is 0 Å². The number of methoxy groups -OCH3 is 1. The van der Waals surface area contributed by atoms with E-state index >= 15 is 0 Å². The molecular formula is C14H28O3Si2. The van der Waals surface area contributed by atoms with Crippen LogP contribution in [0, 0.1) is 0 Å². The highest BCUT2D eigenvalue weighted by molar-refractivity contribution is 6.70. The molecule has 0 aromatic carbocycles. The summed E-state index contributed by atoms with van der Waals surface area (Å²) in [6, 6.07) is 0. The van der Waals surface area contributed by atoms with Crippen LogP contribution in [0.4, 0.5) is 0 Å². The van der Waals surface area contributed by atoms with Crippen molar-refractivity contribution in [3.8, 4) is 0 Å². The largest absolute Gasteiger partial charge is 0.545 e. The molecule has 0 aliphatic heterocycles. The Morgan fingerprint density at radius 3 is 1.74 bits per heavy atom. The number of ether oxygens (including phenoxy) is 1. The van der Waals surface area contributed by atoms with Gasteiger partial charge in [-0.1, -0.05) is 6.58 Å². The van der Waals surface area contributed by atoms with E-state index in [1.54, 1.807) is 7.11 Å². The Balaban J connectivity index is 5.08. The van der Waals surface area contributed by atoms with Gasteiger partial charge in [-0.15, -0.1) is 0 Å². The minimum Gasteiger partial charge on any atom is -0.545 e. The molecule has 19 heavy (non-hydrogen) atoms. The first-order valence-electron chi connectivity index (χ1n) is 6.44. The predicted molar refractivity (Wildman–Crippen MR) is 86.9 cm³/mol. The molecule has 110 valence electrons. The highest BCUT2D eigenvalue weighted by Gasteiger charge is 2.19. The van der Waals surface area contributed by atoms with Gasteiger partial charge in [0, 0.05) is 12.2 Å². The summed E-state index contributed by atoms with van der Waals surface area (Å²) in [6.45, 7) is 18.6. The Labute approximate surface area is 120 Å². The lowest BCUT2D eigenvalue weighted by Crippen LogP contribution is -2.26. The first-order chi connectivity index (χ1) is 8.43. The average molecular weight is 301 g/mol. The molecule has 0 aromatic rings. The van der Waals surface area contributed by atoms with Crippen molar-refractivity contribution in [3.63, 3.8) is 0 Å². The summed E-state index contributed by atoms with van der Waals surface area (Å²) in [5, 5.41) is 0. The molecule has 0 saturated carbocycles. The van der Waals surface area contributed by atoms with E-state index in [4.69, 9.17) is 13.6 Å². The molecule has 0 radical (unpaired) electrons. The fourth-order valence-electron chi connectivity index (χ4n) is 1.29. The molecule has 0 aliphatic rings. The van der Waals surface area contributed by atoms with E-state index in [0.29, 0.717) is 5.76 Å². The molecule has 0 spiro atoms. The maximum atomic E-state index is 6.01. The predicted octanol–water partition coefficient (Wildman–Crippen LogP) is 4.64. The monoisotopic (exact) mass is 300 g/mol. The van der Waals surface area contributed by atoms with E-state index in [0.717, 1.165) is 11.5 Å². The minimum atomic E-state index is -1.68. The molecule has 0 bridgehead atoms. The van der Waals surface area contributed by atoms with Crippen LogP contribution in [0.2, 0.25) is 39.3 Å². The zero-order chi connectivity index (χ0) is 15.3. The first kappa shape index (κ1) is 18.1. The van der Waals surface area contributed by atoms with Gasteiger partial charge in [0.05, 0.1) is 18.6 Å². The zero-order valence-electron chi connectivity index (χ0n) is 13.6. The molecule has 0 heterocycles. The van der Waals surface area contributed by atoms with Crippen LogP contribution in [0.15, 0.2) is 36.0 Å². The van der Waals surface area contributed by atoms with Crippen molar-refractivity contribution in [2.75, 3.05) is 7.11 Å². The fourth-order valence-corrected chi connectivity index (χ4v) is 2.97. The van der Waals surface area contributed by atoms with Gasteiger partial charge in [-0.2, -0.15) is 0 Å². The highest BCUT2D eigenvalue weighted by atomic mass is 28.4. The summed E-state index contributed by atoms with van der Waals surface area (Å²) in [7, 11) is -1.67. The van der Waals surface area contributed by atoms with Crippen LogP contribution in [-0.4, -0.2) is 23.7 Å². The molecule has 0 atom stereocenters. The second-order valence-electron chi connectivity index (χ2n) is 6.40. The summed E-state index contributed by atoms with van der Waals surface area (Å²) in [5.74, 6) is 2.19. The van der Waals surface area contributed by atoms with E-state index in [9.17, 15) is 0 Å². The van der Waals surface area contributed by atoms with Crippen molar-refractivity contribution in [1.82, 2.24) is 0 Å². The third-order valence-electron chi connectivity index (χ3n) is 1.83. The van der Waals surface area contributed by atoms with Crippen LogP contribution < -0.4 is 0 Å². The van der Waals surface area contributed by atoms with Crippen LogP contribution >= 0.6 is 0 Å². The van der Waals surface area contributed by atoms with Crippen molar-refractivity contribution in [2.24, 2.45) is 0 Å². The second-order valence-corrected chi connectivity index (χ2v) is 15.3. The van der Waals surface area contributed by atoms with Crippen LogP contribution in [-0.2, 0) is 13.6 Å². The van der Waals surface area contributed by atoms with Crippen molar-refractivity contribution in [2.45, 2.75) is 46.2 Å². The van der Waals surface area contributed by atoms with E-state index < -0.39 is 16.6 Å². The summed E-state index contributed by atoms with van der Waals surface area (Å²) in [6.07, 6.45) is 3.72. The Morgan fingerprint density at radius 2 is 1.37 bits per heavy atom. The average Bonchev–Trinajstić information content (AvgIpc) is 2.10. The summed E-state index contributed by atoms with van der Waals surface area (Å²) in [4.78, 5) is 0. The van der Waals surface area contributed by atoms with Gasteiger partial charge >= 0.3 is 0 Å². The van der Waals surface area contributed by atoms with E-state index in [2.05, 4.69) is 45.9 Å². The number of hydrogen-bond donors (Lipinski definition) is 0. The molecule has 0 saturated heterocycles. The molecule has 0 aliphatic carbocycles. The van der Waals surface area contributed by atoms with E-state index in [1.165, 1.54) is 0 Å². The Bertz CT molecular complexity index is 371. The Hall–Kier alpha value is -0.946. The van der Waals surface area contributed by atoms with Crippen LogP contribution in [0.1, 0.15) is 6.92 Å². The topological polar surface area (TPSA) is 27.7 Å². The molecular weight excluding hydrogens is 272 g/mol. The van der Waals surface area contributed by atoms with Gasteiger partial charge in [0.25, 0.3) is 0 Å². The summed E-state index contributed by atoms with van der Waals surface area (Å²) >= 11 is 0. The third-order valence-corrected chi connectivity index (χ3v) is 3.55. The molecule has 0 unspecified atom stereocenters. The van der Waals surface area contributed by atoms with E-state index in [-0.39, 0.29) is 0 Å². The second kappa shape index (κ2) is 7.00. The molecule has 5 heteroatoms. The van der Waals surface area contributed by atoms with Gasteiger partial charge in [0.1, 0.15) is 5.76 Å². The Kier molecular flexibility index (Phi) is 6.65. The lowest BCUT2D eigenvalue weighted by Gasteiger charge is -2.23. The SMILES string of the molecule is C=C(C=C(C=C(C)OC)O[Si](C)(C)C)O[Si](C)(C)C. The summed E-state index contributed by atoms with van der Waals surface area (Å²) < 4.78 is 17.0. The van der Waals surface area contributed by atoms with Gasteiger partial charge < -0.3 is 13.6 Å². The van der Waals surface area contributed by atoms with Crippen LogP contribution in [0.5, 0.6) is 0 Å². The van der Waals surface area contributed by atoms with Crippen LogP contribution in [0.25, 0.3) is 0 Å². The highest BCUT2D eigenvalue weighted by Crippen LogP contribution is 2.18. The van der Waals surface area contributed by atoms with E-state index in [1.807, 2.05) is 19.1 Å². The number of allylic oxidation sites excluding steroid dienone is 3. The maximum absolute atomic E-state index is 6.01.